The number of primary amides is 1. The lowest BCUT2D eigenvalue weighted by atomic mass is 10.2. The van der Waals surface area contributed by atoms with Gasteiger partial charge in [0.15, 0.2) is 0 Å². The SMILES string of the molecule is C[C@@H](NC(=O)c1ccc(F)cc1F)C(N)=O. The Balaban J connectivity index is 2.85. The molecule has 0 spiro atoms. The average molecular weight is 228 g/mol. The highest BCUT2D eigenvalue weighted by molar-refractivity contribution is 5.97. The van der Waals surface area contributed by atoms with Gasteiger partial charge in [0, 0.05) is 6.07 Å². The molecule has 0 saturated heterocycles. The van der Waals surface area contributed by atoms with Crippen molar-refractivity contribution in [1.82, 2.24) is 5.32 Å². The molecule has 0 unspecified atom stereocenters. The smallest absolute Gasteiger partial charge is 0.254 e. The molecule has 1 aromatic carbocycles. The Morgan fingerprint density at radius 1 is 1.38 bits per heavy atom. The predicted octanol–water partition coefficient (Wildman–Crippen LogP) is 0.568. The lowest BCUT2D eigenvalue weighted by Crippen LogP contribution is -2.42. The second-order valence-corrected chi connectivity index (χ2v) is 3.22. The van der Waals surface area contributed by atoms with Crippen LogP contribution < -0.4 is 11.1 Å². The molecule has 3 N–H and O–H groups in total. The van der Waals surface area contributed by atoms with E-state index in [0.29, 0.717) is 6.07 Å². The molecular weight excluding hydrogens is 218 g/mol. The fourth-order valence-electron chi connectivity index (χ4n) is 1.02. The van der Waals surface area contributed by atoms with Crippen LogP contribution in [0.15, 0.2) is 18.2 Å². The normalized spacial score (nSPS) is 11.9. The summed E-state index contributed by atoms with van der Waals surface area (Å²) in [7, 11) is 0. The number of carbonyl (C=O) groups excluding carboxylic acids is 2. The molecule has 16 heavy (non-hydrogen) atoms. The van der Waals surface area contributed by atoms with Gasteiger partial charge in [0.2, 0.25) is 5.91 Å². The van der Waals surface area contributed by atoms with E-state index in [1.54, 1.807) is 0 Å². The fraction of sp³-hybridized carbons (Fsp3) is 0.200. The van der Waals surface area contributed by atoms with Crippen molar-refractivity contribution < 1.29 is 18.4 Å². The molecule has 0 bridgehead atoms. The molecule has 2 amide bonds. The van der Waals surface area contributed by atoms with E-state index in [4.69, 9.17) is 5.73 Å². The predicted molar refractivity (Wildman–Crippen MR) is 52.5 cm³/mol. The van der Waals surface area contributed by atoms with Gasteiger partial charge >= 0.3 is 0 Å². The largest absolute Gasteiger partial charge is 0.368 e. The monoisotopic (exact) mass is 228 g/mol. The van der Waals surface area contributed by atoms with E-state index >= 15 is 0 Å². The first-order valence-corrected chi connectivity index (χ1v) is 4.47. The van der Waals surface area contributed by atoms with Crippen molar-refractivity contribution in [2.75, 3.05) is 0 Å². The molecule has 0 radical (unpaired) electrons. The molecular formula is C10H10F2N2O2. The van der Waals surface area contributed by atoms with E-state index in [0.717, 1.165) is 12.1 Å². The minimum atomic E-state index is -0.992. The van der Waals surface area contributed by atoms with Gasteiger partial charge in [-0.15, -0.1) is 0 Å². The van der Waals surface area contributed by atoms with Gasteiger partial charge in [0.05, 0.1) is 5.56 Å². The van der Waals surface area contributed by atoms with E-state index in [9.17, 15) is 18.4 Å². The van der Waals surface area contributed by atoms with Crippen molar-refractivity contribution in [3.05, 3.63) is 35.4 Å². The van der Waals surface area contributed by atoms with Crippen LogP contribution in [0.1, 0.15) is 17.3 Å². The first kappa shape index (κ1) is 12.1. The van der Waals surface area contributed by atoms with E-state index < -0.39 is 29.5 Å². The Bertz CT molecular complexity index is 435. The van der Waals surface area contributed by atoms with Gasteiger partial charge in [-0.3, -0.25) is 9.59 Å². The van der Waals surface area contributed by atoms with Crippen LogP contribution in [-0.2, 0) is 4.79 Å². The number of halogens is 2. The summed E-state index contributed by atoms with van der Waals surface area (Å²) in [6.07, 6.45) is 0. The van der Waals surface area contributed by atoms with Gasteiger partial charge in [0.1, 0.15) is 17.7 Å². The van der Waals surface area contributed by atoms with Gasteiger partial charge < -0.3 is 11.1 Å². The number of hydrogen-bond acceptors (Lipinski definition) is 2. The highest BCUT2D eigenvalue weighted by Gasteiger charge is 2.16. The molecule has 0 saturated carbocycles. The highest BCUT2D eigenvalue weighted by Crippen LogP contribution is 2.09. The molecule has 0 aliphatic heterocycles. The zero-order chi connectivity index (χ0) is 12.3. The maximum atomic E-state index is 13.1. The minimum Gasteiger partial charge on any atom is -0.368 e. The number of benzene rings is 1. The topological polar surface area (TPSA) is 72.2 Å². The molecule has 0 heterocycles. The van der Waals surface area contributed by atoms with Crippen LogP contribution >= 0.6 is 0 Å². The number of carbonyl (C=O) groups is 2. The molecule has 86 valence electrons. The van der Waals surface area contributed by atoms with Gasteiger partial charge in [-0.25, -0.2) is 8.78 Å². The first-order valence-electron chi connectivity index (χ1n) is 4.47. The van der Waals surface area contributed by atoms with Gasteiger partial charge in [-0.2, -0.15) is 0 Å². The third-order valence-corrected chi connectivity index (χ3v) is 1.95. The summed E-state index contributed by atoms with van der Waals surface area (Å²) in [5.41, 5.74) is 4.58. The van der Waals surface area contributed by atoms with Crippen LogP contribution in [-0.4, -0.2) is 17.9 Å². The van der Waals surface area contributed by atoms with E-state index in [1.165, 1.54) is 6.92 Å². The van der Waals surface area contributed by atoms with Crippen LogP contribution in [0.5, 0.6) is 0 Å². The van der Waals surface area contributed by atoms with Crippen molar-refractivity contribution in [3.63, 3.8) is 0 Å². The number of nitrogens with one attached hydrogen (secondary N) is 1. The van der Waals surface area contributed by atoms with Crippen molar-refractivity contribution in [1.29, 1.82) is 0 Å². The van der Waals surface area contributed by atoms with E-state index in [-0.39, 0.29) is 5.56 Å². The minimum absolute atomic E-state index is 0.338. The lowest BCUT2D eigenvalue weighted by Gasteiger charge is -2.10. The quantitative estimate of drug-likeness (QED) is 0.793. The Kier molecular flexibility index (Phi) is 3.55. The molecule has 0 aromatic heterocycles. The third kappa shape index (κ3) is 2.75. The van der Waals surface area contributed by atoms with Gasteiger partial charge in [-0.1, -0.05) is 0 Å². The number of hydrogen-bond donors (Lipinski definition) is 2. The third-order valence-electron chi connectivity index (χ3n) is 1.95. The van der Waals surface area contributed by atoms with Crippen LogP contribution in [0.25, 0.3) is 0 Å². The summed E-state index contributed by atoms with van der Waals surface area (Å²) in [6, 6.07) is 1.61. The van der Waals surface area contributed by atoms with Crippen LogP contribution in [0.4, 0.5) is 8.78 Å². The maximum absolute atomic E-state index is 13.1. The summed E-state index contributed by atoms with van der Waals surface area (Å²) in [5.74, 6) is -3.33. The number of amides is 2. The number of nitrogens with two attached hydrogens (primary N) is 1. The molecule has 1 aromatic rings. The summed E-state index contributed by atoms with van der Waals surface area (Å²) in [5, 5.41) is 2.18. The van der Waals surface area contributed by atoms with Gasteiger partial charge in [-0.05, 0) is 19.1 Å². The Morgan fingerprint density at radius 2 is 2.00 bits per heavy atom. The van der Waals surface area contributed by atoms with Crippen molar-refractivity contribution in [3.8, 4) is 0 Å². The van der Waals surface area contributed by atoms with Crippen molar-refractivity contribution in [2.24, 2.45) is 5.73 Å². The summed E-state index contributed by atoms with van der Waals surface area (Å²) in [6.45, 7) is 1.36. The van der Waals surface area contributed by atoms with Crippen LogP contribution in [0, 0.1) is 11.6 Å². The summed E-state index contributed by atoms with van der Waals surface area (Å²) < 4.78 is 25.7. The second kappa shape index (κ2) is 4.69. The van der Waals surface area contributed by atoms with Crippen LogP contribution in [0.3, 0.4) is 0 Å². The lowest BCUT2D eigenvalue weighted by molar-refractivity contribution is -0.119. The van der Waals surface area contributed by atoms with Crippen molar-refractivity contribution in [2.45, 2.75) is 13.0 Å². The fourth-order valence-corrected chi connectivity index (χ4v) is 1.02. The highest BCUT2D eigenvalue weighted by atomic mass is 19.1. The van der Waals surface area contributed by atoms with Gasteiger partial charge in [0.25, 0.3) is 5.91 Å². The average Bonchev–Trinajstić information content (AvgIpc) is 2.16. The van der Waals surface area contributed by atoms with E-state index in [2.05, 4.69) is 5.32 Å². The molecule has 6 heteroatoms. The summed E-state index contributed by atoms with van der Waals surface area (Å²) in [4.78, 5) is 22.1. The zero-order valence-electron chi connectivity index (χ0n) is 8.46. The molecule has 1 rings (SSSR count). The maximum Gasteiger partial charge on any atom is 0.254 e. The first-order chi connectivity index (χ1) is 7.41. The van der Waals surface area contributed by atoms with Crippen LogP contribution in [0.2, 0.25) is 0 Å². The van der Waals surface area contributed by atoms with Crippen molar-refractivity contribution >= 4 is 11.8 Å². The Hall–Kier alpha value is -1.98. The number of rotatable bonds is 3. The zero-order valence-corrected chi connectivity index (χ0v) is 8.46. The second-order valence-electron chi connectivity index (χ2n) is 3.22. The molecule has 4 nitrogen and oxygen atoms in total. The standard InChI is InChI=1S/C10H10F2N2O2/c1-5(9(13)15)14-10(16)7-3-2-6(11)4-8(7)12/h2-5H,1H3,(H2,13,15)(H,14,16)/t5-/m1/s1. The molecule has 0 aliphatic carbocycles. The Labute approximate surface area is 90.4 Å². The molecule has 1 atom stereocenters. The Morgan fingerprint density at radius 3 is 2.50 bits per heavy atom. The van der Waals surface area contributed by atoms with E-state index in [1.807, 2.05) is 0 Å². The summed E-state index contributed by atoms with van der Waals surface area (Å²) >= 11 is 0. The molecule has 0 fully saturated rings. The molecule has 0 aliphatic rings.